The molecular weight excluding hydrogens is 162 g/mol. The first-order chi connectivity index (χ1) is 4.21. The molecule has 0 aromatic heterocycles. The van der Waals surface area contributed by atoms with Crippen LogP contribution in [0.2, 0.25) is 0 Å². The molecule has 10 heavy (non-hydrogen) atoms. The maximum atomic E-state index is 11.0. The van der Waals surface area contributed by atoms with Gasteiger partial charge in [0.1, 0.15) is 0 Å². The summed E-state index contributed by atoms with van der Waals surface area (Å²) in [5.74, 6) is 0. The summed E-state index contributed by atoms with van der Waals surface area (Å²) in [4.78, 5) is 0. The highest BCUT2D eigenvalue weighted by Gasteiger charge is 2.29. The summed E-state index contributed by atoms with van der Waals surface area (Å²) in [5, 5.41) is 0. The Morgan fingerprint density at radius 2 is 0.800 bits per heavy atom. The van der Waals surface area contributed by atoms with Crippen LogP contribution in [0.4, 0.5) is 26.3 Å². The normalized spacial score (nSPS) is 14.6. The molecule has 0 nitrogen and oxygen atoms in total. The minimum absolute atomic E-state index is 0.854. The van der Waals surface area contributed by atoms with Crippen LogP contribution in [0.15, 0.2) is 12.2 Å². The van der Waals surface area contributed by atoms with E-state index in [2.05, 4.69) is 0 Å². The van der Waals surface area contributed by atoms with Gasteiger partial charge in [0, 0.05) is 12.2 Å². The molecule has 0 aliphatic carbocycles. The van der Waals surface area contributed by atoms with Gasteiger partial charge in [-0.05, 0) is 0 Å². The fraction of sp³-hybridized carbons (Fsp3) is 0.500. The maximum absolute atomic E-state index is 11.0. The van der Waals surface area contributed by atoms with Crippen LogP contribution in [0.5, 0.6) is 0 Å². The molecule has 6 heteroatoms. The molecule has 0 fully saturated rings. The minimum Gasteiger partial charge on any atom is -0.167 e. The Hall–Kier alpha value is -0.680. The van der Waals surface area contributed by atoms with Crippen LogP contribution in [-0.4, -0.2) is 12.4 Å². The highest BCUT2D eigenvalue weighted by Crippen LogP contribution is 2.22. The monoisotopic (exact) mass is 164 g/mol. The SMILES string of the molecule is FC(F)(F)/C=C\C(F)(F)F. The van der Waals surface area contributed by atoms with E-state index in [1.54, 1.807) is 0 Å². The second-order valence-corrected chi connectivity index (χ2v) is 1.42. The number of rotatable bonds is 0. The maximum Gasteiger partial charge on any atom is 0.409 e. The van der Waals surface area contributed by atoms with Gasteiger partial charge >= 0.3 is 12.4 Å². The van der Waals surface area contributed by atoms with E-state index in [-0.39, 0.29) is 0 Å². The molecule has 60 valence electrons. The first kappa shape index (κ1) is 9.32. The average Bonchev–Trinajstić information content (AvgIpc) is 1.57. The number of hydrogen-bond acceptors (Lipinski definition) is 0. The summed E-state index contributed by atoms with van der Waals surface area (Å²) in [6.45, 7) is 0. The second kappa shape index (κ2) is 2.51. The van der Waals surface area contributed by atoms with Gasteiger partial charge in [-0.1, -0.05) is 0 Å². The third kappa shape index (κ3) is 7.32. The van der Waals surface area contributed by atoms with Crippen molar-refractivity contribution < 1.29 is 26.3 Å². The number of alkyl halides is 6. The highest BCUT2D eigenvalue weighted by molar-refractivity contribution is 4.93. The van der Waals surface area contributed by atoms with E-state index in [0.29, 0.717) is 0 Å². The van der Waals surface area contributed by atoms with Crippen molar-refractivity contribution in [3.05, 3.63) is 12.2 Å². The second-order valence-electron chi connectivity index (χ2n) is 1.42. The Bertz CT molecular complexity index is 110. The van der Waals surface area contributed by atoms with Crippen LogP contribution in [-0.2, 0) is 0 Å². The van der Waals surface area contributed by atoms with Gasteiger partial charge in [-0.3, -0.25) is 0 Å². The van der Waals surface area contributed by atoms with Crippen molar-refractivity contribution >= 4 is 0 Å². The lowest BCUT2D eigenvalue weighted by Crippen LogP contribution is -2.07. The van der Waals surface area contributed by atoms with E-state index in [1.165, 1.54) is 0 Å². The van der Waals surface area contributed by atoms with Gasteiger partial charge in [-0.15, -0.1) is 0 Å². The van der Waals surface area contributed by atoms with Crippen molar-refractivity contribution in [2.45, 2.75) is 12.4 Å². The Morgan fingerprint density at radius 3 is 0.900 bits per heavy atom. The first-order valence-electron chi connectivity index (χ1n) is 2.04. The molecule has 0 spiro atoms. The summed E-state index contributed by atoms with van der Waals surface area (Å²) in [7, 11) is 0. The zero-order valence-electron chi connectivity index (χ0n) is 4.42. The van der Waals surface area contributed by atoms with Crippen LogP contribution in [0, 0.1) is 0 Å². The van der Waals surface area contributed by atoms with Crippen LogP contribution in [0.25, 0.3) is 0 Å². The van der Waals surface area contributed by atoms with Crippen molar-refractivity contribution in [3.8, 4) is 0 Å². The molecule has 0 radical (unpaired) electrons. The zero-order chi connectivity index (χ0) is 8.41. The topological polar surface area (TPSA) is 0 Å². The van der Waals surface area contributed by atoms with Crippen LogP contribution in [0.1, 0.15) is 0 Å². The molecule has 0 amide bonds. The first-order valence-corrected chi connectivity index (χ1v) is 2.04. The predicted octanol–water partition coefficient (Wildman–Crippen LogP) is 2.67. The van der Waals surface area contributed by atoms with Crippen molar-refractivity contribution in [3.63, 3.8) is 0 Å². The number of hydrogen-bond donors (Lipinski definition) is 0. The summed E-state index contributed by atoms with van der Waals surface area (Å²) in [6, 6.07) is 0. The van der Waals surface area contributed by atoms with Crippen molar-refractivity contribution in [1.82, 2.24) is 0 Å². The molecule has 0 heterocycles. The Balaban J connectivity index is 4.01. The van der Waals surface area contributed by atoms with E-state index in [1.807, 2.05) is 0 Å². The molecule has 0 N–H and O–H groups in total. The third-order valence-electron chi connectivity index (χ3n) is 0.461. The van der Waals surface area contributed by atoms with Gasteiger partial charge in [0.2, 0.25) is 0 Å². The zero-order valence-corrected chi connectivity index (χ0v) is 4.42. The lowest BCUT2D eigenvalue weighted by atomic mass is 10.5. The van der Waals surface area contributed by atoms with Crippen molar-refractivity contribution in [2.75, 3.05) is 0 Å². The Morgan fingerprint density at radius 1 is 0.600 bits per heavy atom. The van der Waals surface area contributed by atoms with E-state index < -0.39 is 24.5 Å². The minimum atomic E-state index is -4.89. The van der Waals surface area contributed by atoms with Gasteiger partial charge in [0.15, 0.2) is 0 Å². The molecule has 0 atom stereocenters. The molecule has 0 aromatic rings. The van der Waals surface area contributed by atoms with Crippen LogP contribution in [0.3, 0.4) is 0 Å². The molecule has 0 unspecified atom stereocenters. The smallest absolute Gasteiger partial charge is 0.167 e. The van der Waals surface area contributed by atoms with E-state index in [9.17, 15) is 26.3 Å². The molecule has 0 bridgehead atoms. The van der Waals surface area contributed by atoms with Crippen LogP contribution < -0.4 is 0 Å². The Kier molecular flexibility index (Phi) is 2.34. The molecular formula is C4H2F6. The van der Waals surface area contributed by atoms with Gasteiger partial charge in [0.05, 0.1) is 0 Å². The highest BCUT2D eigenvalue weighted by atomic mass is 19.4. The third-order valence-corrected chi connectivity index (χ3v) is 0.461. The largest absolute Gasteiger partial charge is 0.409 e. The Labute approximate surface area is 52.1 Å². The summed E-state index contributed by atoms with van der Waals surface area (Å²) >= 11 is 0. The lowest BCUT2D eigenvalue weighted by molar-refractivity contribution is -0.0981. The van der Waals surface area contributed by atoms with Crippen molar-refractivity contribution in [1.29, 1.82) is 0 Å². The van der Waals surface area contributed by atoms with Gasteiger partial charge < -0.3 is 0 Å². The van der Waals surface area contributed by atoms with Gasteiger partial charge in [-0.25, -0.2) is 0 Å². The summed E-state index contributed by atoms with van der Waals surface area (Å²) < 4.78 is 66.0. The molecule has 0 saturated carbocycles. The predicted molar refractivity (Wildman–Crippen MR) is 21.2 cm³/mol. The summed E-state index contributed by atoms with van der Waals surface area (Å²) in [6.07, 6.45) is -11.5. The molecule has 0 aliphatic rings. The van der Waals surface area contributed by atoms with Crippen LogP contribution >= 0.6 is 0 Å². The van der Waals surface area contributed by atoms with E-state index >= 15 is 0 Å². The van der Waals surface area contributed by atoms with Gasteiger partial charge in [0.25, 0.3) is 0 Å². The van der Waals surface area contributed by atoms with Gasteiger partial charge in [-0.2, -0.15) is 26.3 Å². The molecule has 0 saturated heterocycles. The molecule has 0 aromatic carbocycles. The number of halogens is 6. The molecule has 0 aliphatic heterocycles. The fourth-order valence-corrected chi connectivity index (χ4v) is 0.189. The fourth-order valence-electron chi connectivity index (χ4n) is 0.189. The quantitative estimate of drug-likeness (QED) is 0.381. The number of allylic oxidation sites excluding steroid dienone is 2. The van der Waals surface area contributed by atoms with Crippen molar-refractivity contribution in [2.24, 2.45) is 0 Å². The molecule has 0 rings (SSSR count). The van der Waals surface area contributed by atoms with E-state index in [4.69, 9.17) is 0 Å². The summed E-state index contributed by atoms with van der Waals surface area (Å²) in [5.41, 5.74) is 0. The average molecular weight is 164 g/mol. The lowest BCUT2D eigenvalue weighted by Gasteiger charge is -1.99. The standard InChI is InChI=1S/C4H2F6/c5-3(6,7)1-2-4(8,9)10/h1-2H/b2-1-. The van der Waals surface area contributed by atoms with E-state index in [0.717, 1.165) is 0 Å².